The Bertz CT molecular complexity index is 650. The number of anilines is 2. The van der Waals surface area contributed by atoms with Gasteiger partial charge in [-0.05, 0) is 25.1 Å². The predicted molar refractivity (Wildman–Crippen MR) is 89.9 cm³/mol. The molecule has 0 aliphatic heterocycles. The van der Waals surface area contributed by atoms with Crippen molar-refractivity contribution in [3.8, 4) is 0 Å². The monoisotopic (exact) mass is 362 g/mol. The predicted octanol–water partition coefficient (Wildman–Crippen LogP) is 4.01. The number of aromatic nitrogens is 2. The maximum absolute atomic E-state index is 12.1. The molecule has 112 valence electrons. The van der Waals surface area contributed by atoms with E-state index in [1.165, 1.54) is 23.1 Å². The Morgan fingerprint density at radius 3 is 2.76 bits per heavy atom. The van der Waals surface area contributed by atoms with Crippen molar-refractivity contribution in [3.63, 3.8) is 0 Å². The molecule has 0 fully saturated rings. The SMILES string of the molecule is CNc1nnc(S[C@@H](C)C(=O)Nc2ccc(Cl)cc2Cl)s1. The van der Waals surface area contributed by atoms with Crippen molar-refractivity contribution < 1.29 is 4.79 Å². The third kappa shape index (κ3) is 4.47. The third-order valence-electron chi connectivity index (χ3n) is 2.46. The first-order valence-corrected chi connectivity index (χ1v) is 8.38. The van der Waals surface area contributed by atoms with E-state index < -0.39 is 0 Å². The van der Waals surface area contributed by atoms with E-state index in [1.54, 1.807) is 32.2 Å². The number of hydrogen-bond donors (Lipinski definition) is 2. The molecule has 0 bridgehead atoms. The van der Waals surface area contributed by atoms with Crippen LogP contribution < -0.4 is 10.6 Å². The molecule has 1 aromatic carbocycles. The number of carbonyl (C=O) groups is 1. The highest BCUT2D eigenvalue weighted by molar-refractivity contribution is 8.02. The fourth-order valence-corrected chi connectivity index (χ4v) is 3.69. The van der Waals surface area contributed by atoms with Crippen LogP contribution in [0.5, 0.6) is 0 Å². The van der Waals surface area contributed by atoms with Crippen LogP contribution >= 0.6 is 46.3 Å². The molecule has 2 aromatic rings. The minimum absolute atomic E-state index is 0.162. The van der Waals surface area contributed by atoms with Crippen LogP contribution in [-0.2, 0) is 4.79 Å². The Morgan fingerprint density at radius 2 is 2.14 bits per heavy atom. The van der Waals surface area contributed by atoms with Gasteiger partial charge >= 0.3 is 0 Å². The summed E-state index contributed by atoms with van der Waals surface area (Å²) in [6.45, 7) is 1.80. The van der Waals surface area contributed by atoms with Crippen molar-refractivity contribution >= 4 is 63.0 Å². The number of carbonyl (C=O) groups excluding carboxylic acids is 1. The van der Waals surface area contributed by atoms with Gasteiger partial charge in [0, 0.05) is 12.1 Å². The summed E-state index contributed by atoms with van der Waals surface area (Å²) in [5, 5.41) is 14.9. The highest BCUT2D eigenvalue weighted by atomic mass is 35.5. The van der Waals surface area contributed by atoms with Gasteiger partial charge in [0.15, 0.2) is 4.34 Å². The first kappa shape index (κ1) is 16.4. The van der Waals surface area contributed by atoms with Crippen molar-refractivity contribution in [2.75, 3.05) is 17.7 Å². The lowest BCUT2D eigenvalue weighted by molar-refractivity contribution is -0.115. The van der Waals surface area contributed by atoms with Crippen molar-refractivity contribution in [3.05, 3.63) is 28.2 Å². The summed E-state index contributed by atoms with van der Waals surface area (Å²) >= 11 is 14.6. The van der Waals surface area contributed by atoms with Gasteiger partial charge < -0.3 is 10.6 Å². The van der Waals surface area contributed by atoms with E-state index in [4.69, 9.17) is 23.2 Å². The van der Waals surface area contributed by atoms with E-state index in [2.05, 4.69) is 20.8 Å². The Morgan fingerprint density at radius 1 is 1.38 bits per heavy atom. The van der Waals surface area contributed by atoms with E-state index in [0.29, 0.717) is 20.9 Å². The molecule has 0 saturated carbocycles. The number of halogens is 2. The maximum Gasteiger partial charge on any atom is 0.237 e. The minimum Gasteiger partial charge on any atom is -0.363 e. The van der Waals surface area contributed by atoms with Gasteiger partial charge in [0.2, 0.25) is 11.0 Å². The molecule has 1 amide bonds. The second-order valence-corrected chi connectivity index (χ2v) is 7.41. The smallest absolute Gasteiger partial charge is 0.237 e. The number of nitrogens with zero attached hydrogens (tertiary/aromatic N) is 2. The van der Waals surface area contributed by atoms with Crippen LogP contribution in [0.1, 0.15) is 6.92 Å². The summed E-state index contributed by atoms with van der Waals surface area (Å²) in [6.07, 6.45) is 0. The Hall–Kier alpha value is -1.02. The average Bonchev–Trinajstić information content (AvgIpc) is 2.89. The fourth-order valence-electron chi connectivity index (χ4n) is 1.39. The van der Waals surface area contributed by atoms with Crippen molar-refractivity contribution in [2.24, 2.45) is 0 Å². The first-order valence-electron chi connectivity index (χ1n) is 5.93. The summed E-state index contributed by atoms with van der Waals surface area (Å²) in [5.41, 5.74) is 0.534. The Balaban J connectivity index is 1.99. The lowest BCUT2D eigenvalue weighted by Crippen LogP contribution is -2.22. The molecule has 1 aromatic heterocycles. The standard InChI is InChI=1S/C12H12Cl2N4OS2/c1-6(20-12-18-17-11(15-2)21-12)10(19)16-9-4-3-7(13)5-8(9)14/h3-6H,1-2H3,(H,15,17)(H,16,19)/t6-/m0/s1. The molecular weight excluding hydrogens is 351 g/mol. The van der Waals surface area contributed by atoms with Crippen LogP contribution in [0.2, 0.25) is 10.0 Å². The number of benzene rings is 1. The largest absolute Gasteiger partial charge is 0.363 e. The van der Waals surface area contributed by atoms with Crippen molar-refractivity contribution in [2.45, 2.75) is 16.5 Å². The van der Waals surface area contributed by atoms with Crippen LogP contribution in [0, 0.1) is 0 Å². The Labute approximate surface area is 140 Å². The molecule has 0 aliphatic carbocycles. The number of nitrogens with one attached hydrogen (secondary N) is 2. The molecule has 9 heteroatoms. The van der Waals surface area contributed by atoms with Crippen LogP contribution in [0.25, 0.3) is 0 Å². The van der Waals surface area contributed by atoms with Gasteiger partial charge in [-0.25, -0.2) is 0 Å². The number of thioether (sulfide) groups is 1. The highest BCUT2D eigenvalue weighted by Crippen LogP contribution is 2.30. The molecule has 2 rings (SSSR count). The molecule has 0 aliphatic rings. The zero-order valence-electron chi connectivity index (χ0n) is 11.2. The fraction of sp³-hybridized carbons (Fsp3) is 0.250. The normalized spacial score (nSPS) is 12.0. The zero-order valence-corrected chi connectivity index (χ0v) is 14.3. The van der Waals surface area contributed by atoms with Gasteiger partial charge in [0.1, 0.15) is 0 Å². The molecule has 1 heterocycles. The van der Waals surface area contributed by atoms with Gasteiger partial charge in [0.05, 0.1) is 16.0 Å². The average molecular weight is 363 g/mol. The summed E-state index contributed by atoms with van der Waals surface area (Å²) in [6, 6.07) is 4.93. The van der Waals surface area contributed by atoms with Gasteiger partial charge in [0.25, 0.3) is 0 Å². The van der Waals surface area contributed by atoms with E-state index in [0.717, 1.165) is 4.34 Å². The van der Waals surface area contributed by atoms with Crippen LogP contribution in [-0.4, -0.2) is 28.4 Å². The topological polar surface area (TPSA) is 66.9 Å². The number of hydrogen-bond acceptors (Lipinski definition) is 6. The van der Waals surface area contributed by atoms with E-state index in [9.17, 15) is 4.79 Å². The van der Waals surface area contributed by atoms with E-state index in [-0.39, 0.29) is 11.2 Å². The molecule has 0 radical (unpaired) electrons. The van der Waals surface area contributed by atoms with Gasteiger partial charge in [-0.2, -0.15) is 0 Å². The molecule has 2 N–H and O–H groups in total. The lowest BCUT2D eigenvalue weighted by atomic mass is 10.3. The summed E-state index contributed by atoms with van der Waals surface area (Å²) in [5.74, 6) is -0.162. The van der Waals surface area contributed by atoms with Gasteiger partial charge in [-0.3, -0.25) is 4.79 Å². The Kier molecular flexibility index (Phi) is 5.69. The maximum atomic E-state index is 12.1. The quantitative estimate of drug-likeness (QED) is 0.786. The van der Waals surface area contributed by atoms with Gasteiger partial charge in [-0.15, -0.1) is 10.2 Å². The van der Waals surface area contributed by atoms with Crippen LogP contribution in [0.4, 0.5) is 10.8 Å². The van der Waals surface area contributed by atoms with E-state index in [1.807, 2.05) is 0 Å². The number of rotatable bonds is 5. The molecule has 5 nitrogen and oxygen atoms in total. The van der Waals surface area contributed by atoms with E-state index >= 15 is 0 Å². The molecule has 1 atom stereocenters. The molecule has 21 heavy (non-hydrogen) atoms. The lowest BCUT2D eigenvalue weighted by Gasteiger charge is -2.11. The van der Waals surface area contributed by atoms with Gasteiger partial charge in [-0.1, -0.05) is 46.3 Å². The second-order valence-electron chi connectivity index (χ2n) is 4.00. The molecule has 0 unspecified atom stereocenters. The second kappa shape index (κ2) is 7.31. The number of amides is 1. The summed E-state index contributed by atoms with van der Waals surface area (Å²) in [7, 11) is 1.77. The van der Waals surface area contributed by atoms with Crippen LogP contribution in [0.3, 0.4) is 0 Å². The molecular formula is C12H12Cl2N4OS2. The van der Waals surface area contributed by atoms with Crippen molar-refractivity contribution in [1.29, 1.82) is 0 Å². The minimum atomic E-state index is -0.325. The van der Waals surface area contributed by atoms with Crippen molar-refractivity contribution in [1.82, 2.24) is 10.2 Å². The van der Waals surface area contributed by atoms with Crippen LogP contribution in [0.15, 0.2) is 22.5 Å². The molecule has 0 spiro atoms. The zero-order chi connectivity index (χ0) is 15.4. The highest BCUT2D eigenvalue weighted by Gasteiger charge is 2.18. The first-order chi connectivity index (χ1) is 9.99. The summed E-state index contributed by atoms with van der Waals surface area (Å²) in [4.78, 5) is 12.1. The molecule has 0 saturated heterocycles. The summed E-state index contributed by atoms with van der Waals surface area (Å²) < 4.78 is 0.726. The third-order valence-corrected chi connectivity index (χ3v) is 5.13.